The number of likely N-dealkylation sites (tertiary alicyclic amines) is 1. The summed E-state index contributed by atoms with van der Waals surface area (Å²) in [6.45, 7) is 0.898. The van der Waals surface area contributed by atoms with Crippen molar-refractivity contribution in [3.63, 3.8) is 0 Å². The van der Waals surface area contributed by atoms with Gasteiger partial charge in [-0.1, -0.05) is 0 Å². The summed E-state index contributed by atoms with van der Waals surface area (Å²) in [7, 11) is 0. The number of H-pyrrole nitrogens is 1. The average molecular weight is 223 g/mol. The van der Waals surface area contributed by atoms with E-state index in [1.807, 2.05) is 0 Å². The molecule has 86 valence electrons. The molecule has 6 heteroatoms. The first kappa shape index (κ1) is 10.7. The van der Waals surface area contributed by atoms with Crippen molar-refractivity contribution in [3.8, 4) is 0 Å². The van der Waals surface area contributed by atoms with Gasteiger partial charge in [0.25, 0.3) is 5.91 Å². The second-order valence-corrected chi connectivity index (χ2v) is 3.89. The molecule has 0 spiro atoms. The van der Waals surface area contributed by atoms with Crippen molar-refractivity contribution in [2.45, 2.75) is 12.8 Å². The lowest BCUT2D eigenvalue weighted by Gasteiger charge is -2.30. The van der Waals surface area contributed by atoms with Crippen LogP contribution in [-0.2, 0) is 4.79 Å². The summed E-state index contributed by atoms with van der Waals surface area (Å²) in [5.41, 5.74) is 0.408. The number of rotatable bonds is 2. The lowest BCUT2D eigenvalue weighted by molar-refractivity contribution is -0.143. The third kappa shape index (κ3) is 2.05. The highest BCUT2D eigenvalue weighted by Crippen LogP contribution is 2.18. The molecule has 1 amide bonds. The second kappa shape index (κ2) is 4.34. The monoisotopic (exact) mass is 223 g/mol. The fourth-order valence-electron chi connectivity index (χ4n) is 1.91. The molecule has 0 aliphatic carbocycles. The molecule has 1 aromatic rings. The van der Waals surface area contributed by atoms with E-state index in [4.69, 9.17) is 5.11 Å². The Balaban J connectivity index is 2.05. The number of hydrogen-bond donors (Lipinski definition) is 2. The number of piperidine rings is 1. The smallest absolute Gasteiger partial charge is 0.308 e. The number of hydrogen-bond acceptors (Lipinski definition) is 3. The average Bonchev–Trinajstić information content (AvgIpc) is 2.81. The van der Waals surface area contributed by atoms with Crippen LogP contribution in [0.25, 0.3) is 0 Å². The molecule has 1 fully saturated rings. The van der Waals surface area contributed by atoms with Crippen molar-refractivity contribution in [1.29, 1.82) is 0 Å². The largest absolute Gasteiger partial charge is 0.481 e. The SMILES string of the molecule is O=C(O)C1CCCN(C(=O)c2cnc[nH]2)C1. The molecule has 1 atom stereocenters. The molecule has 1 aromatic heterocycles. The van der Waals surface area contributed by atoms with Gasteiger partial charge < -0.3 is 15.0 Å². The summed E-state index contributed by atoms with van der Waals surface area (Å²) in [5, 5.41) is 8.91. The first-order valence-electron chi connectivity index (χ1n) is 5.19. The van der Waals surface area contributed by atoms with Gasteiger partial charge in [-0.3, -0.25) is 9.59 Å². The van der Waals surface area contributed by atoms with Gasteiger partial charge in [-0.25, -0.2) is 4.98 Å². The topological polar surface area (TPSA) is 86.3 Å². The second-order valence-electron chi connectivity index (χ2n) is 3.89. The number of carbonyl (C=O) groups is 2. The van der Waals surface area contributed by atoms with Gasteiger partial charge in [-0.05, 0) is 12.8 Å². The molecule has 1 unspecified atom stereocenters. The van der Waals surface area contributed by atoms with Crippen LogP contribution in [0.15, 0.2) is 12.5 Å². The van der Waals surface area contributed by atoms with Crippen molar-refractivity contribution in [1.82, 2.24) is 14.9 Å². The summed E-state index contributed by atoms with van der Waals surface area (Å²) in [6, 6.07) is 0. The number of amides is 1. The maximum atomic E-state index is 11.9. The van der Waals surface area contributed by atoms with Gasteiger partial charge >= 0.3 is 5.97 Å². The maximum Gasteiger partial charge on any atom is 0.308 e. The summed E-state index contributed by atoms with van der Waals surface area (Å²) in [5.74, 6) is -1.45. The fourth-order valence-corrected chi connectivity index (χ4v) is 1.91. The highest BCUT2D eigenvalue weighted by Gasteiger charge is 2.28. The molecule has 0 aromatic carbocycles. The van der Waals surface area contributed by atoms with Crippen molar-refractivity contribution in [2.75, 3.05) is 13.1 Å². The van der Waals surface area contributed by atoms with Crippen molar-refractivity contribution in [3.05, 3.63) is 18.2 Å². The normalized spacial score (nSPS) is 20.8. The maximum absolute atomic E-state index is 11.9. The quantitative estimate of drug-likeness (QED) is 0.757. The first-order valence-corrected chi connectivity index (χ1v) is 5.19. The van der Waals surface area contributed by atoms with Crippen molar-refractivity contribution < 1.29 is 14.7 Å². The number of carboxylic acids is 1. The van der Waals surface area contributed by atoms with Crippen LogP contribution in [0.4, 0.5) is 0 Å². The molecule has 0 radical (unpaired) electrons. The highest BCUT2D eigenvalue weighted by molar-refractivity contribution is 5.92. The number of carboxylic acid groups (broad SMARTS) is 1. The predicted molar refractivity (Wildman–Crippen MR) is 54.9 cm³/mol. The Bertz CT molecular complexity index is 388. The van der Waals surface area contributed by atoms with E-state index in [1.54, 1.807) is 4.90 Å². The number of nitrogens with zero attached hydrogens (tertiary/aromatic N) is 2. The summed E-state index contributed by atoms with van der Waals surface area (Å²) < 4.78 is 0. The van der Waals surface area contributed by atoms with Crippen LogP contribution in [0.5, 0.6) is 0 Å². The third-order valence-electron chi connectivity index (χ3n) is 2.79. The summed E-state index contributed by atoms with van der Waals surface area (Å²) >= 11 is 0. The van der Waals surface area contributed by atoms with Gasteiger partial charge in [0.15, 0.2) is 0 Å². The molecule has 2 rings (SSSR count). The fraction of sp³-hybridized carbons (Fsp3) is 0.500. The zero-order valence-electron chi connectivity index (χ0n) is 8.72. The lowest BCUT2D eigenvalue weighted by Crippen LogP contribution is -2.42. The summed E-state index contributed by atoms with van der Waals surface area (Å²) in [4.78, 5) is 30.8. The van der Waals surface area contributed by atoms with Crippen LogP contribution in [0.3, 0.4) is 0 Å². The van der Waals surface area contributed by atoms with E-state index in [-0.39, 0.29) is 12.5 Å². The minimum absolute atomic E-state index is 0.177. The van der Waals surface area contributed by atoms with E-state index >= 15 is 0 Å². The zero-order chi connectivity index (χ0) is 11.5. The lowest BCUT2D eigenvalue weighted by atomic mass is 9.98. The zero-order valence-corrected chi connectivity index (χ0v) is 8.72. The number of aromatic nitrogens is 2. The molecular formula is C10H13N3O3. The van der Waals surface area contributed by atoms with Crippen molar-refractivity contribution >= 4 is 11.9 Å². The molecule has 2 heterocycles. The Hall–Kier alpha value is -1.85. The van der Waals surface area contributed by atoms with Crippen molar-refractivity contribution in [2.24, 2.45) is 5.92 Å². The third-order valence-corrected chi connectivity index (χ3v) is 2.79. The minimum atomic E-state index is -0.831. The number of carbonyl (C=O) groups excluding carboxylic acids is 1. The van der Waals surface area contributed by atoms with Gasteiger partial charge in [-0.15, -0.1) is 0 Å². The molecule has 2 N–H and O–H groups in total. The van der Waals surface area contributed by atoms with Gasteiger partial charge in [0.1, 0.15) is 5.69 Å². The highest BCUT2D eigenvalue weighted by atomic mass is 16.4. The van der Waals surface area contributed by atoms with Crippen LogP contribution in [0.2, 0.25) is 0 Å². The van der Waals surface area contributed by atoms with Crippen LogP contribution in [0.1, 0.15) is 23.3 Å². The van der Waals surface area contributed by atoms with Crippen LogP contribution in [0, 0.1) is 5.92 Å². The van der Waals surface area contributed by atoms with Gasteiger partial charge in [0.05, 0.1) is 18.4 Å². The van der Waals surface area contributed by atoms with E-state index in [2.05, 4.69) is 9.97 Å². The Kier molecular flexibility index (Phi) is 2.89. The number of aromatic amines is 1. The Labute approximate surface area is 92.3 Å². The number of aliphatic carboxylic acids is 1. The minimum Gasteiger partial charge on any atom is -0.481 e. The molecule has 0 bridgehead atoms. The van der Waals surface area contributed by atoms with E-state index in [9.17, 15) is 9.59 Å². The standard InChI is InChI=1S/C10H13N3O3/c14-9(8-4-11-6-12-8)13-3-1-2-7(5-13)10(15)16/h4,6-7H,1-3,5H2,(H,11,12)(H,15,16). The van der Waals surface area contributed by atoms with Crippen LogP contribution >= 0.6 is 0 Å². The van der Waals surface area contributed by atoms with Gasteiger partial charge in [-0.2, -0.15) is 0 Å². The summed E-state index contributed by atoms with van der Waals surface area (Å²) in [6.07, 6.45) is 4.26. The van der Waals surface area contributed by atoms with E-state index in [1.165, 1.54) is 12.5 Å². The molecule has 16 heavy (non-hydrogen) atoms. The number of imidazole rings is 1. The molecule has 1 saturated heterocycles. The van der Waals surface area contributed by atoms with Gasteiger partial charge in [0, 0.05) is 13.1 Å². The molecule has 6 nitrogen and oxygen atoms in total. The van der Waals surface area contributed by atoms with E-state index in [0.29, 0.717) is 18.7 Å². The molecule has 0 saturated carbocycles. The van der Waals surface area contributed by atoms with Gasteiger partial charge in [0.2, 0.25) is 0 Å². The van der Waals surface area contributed by atoms with Crippen LogP contribution in [-0.4, -0.2) is 44.9 Å². The first-order chi connectivity index (χ1) is 7.68. The molecule has 1 aliphatic heterocycles. The predicted octanol–water partition coefficient (Wildman–Crippen LogP) is 0.347. The Morgan fingerprint density at radius 3 is 3.00 bits per heavy atom. The molecule has 1 aliphatic rings. The Morgan fingerprint density at radius 2 is 2.38 bits per heavy atom. The molecular weight excluding hydrogens is 210 g/mol. The van der Waals surface area contributed by atoms with E-state index in [0.717, 1.165) is 6.42 Å². The van der Waals surface area contributed by atoms with E-state index < -0.39 is 11.9 Å². The van der Waals surface area contributed by atoms with Crippen LogP contribution < -0.4 is 0 Å². The number of nitrogens with one attached hydrogen (secondary N) is 1. The Morgan fingerprint density at radius 1 is 1.56 bits per heavy atom.